The number of likely N-dealkylation sites (N-methyl/N-ethyl adjacent to an activating group) is 1. The summed E-state index contributed by atoms with van der Waals surface area (Å²) in [6, 6.07) is 5.27. The van der Waals surface area contributed by atoms with Crippen molar-refractivity contribution in [3.63, 3.8) is 0 Å². The van der Waals surface area contributed by atoms with Crippen LogP contribution in [0.2, 0.25) is 0 Å². The highest BCUT2D eigenvalue weighted by Crippen LogP contribution is 2.38. The van der Waals surface area contributed by atoms with Gasteiger partial charge in [0.1, 0.15) is 6.07 Å². The Balaban J connectivity index is 2.38. The minimum Gasteiger partial charge on any atom is -0.493 e. The first-order chi connectivity index (χ1) is 10.5. The number of nitrogens with zero attached hydrogens (tertiary/aromatic N) is 2. The minimum atomic E-state index is -0.338. The van der Waals surface area contributed by atoms with Crippen molar-refractivity contribution >= 4 is 44.9 Å². The standard InChI is InChI=1S/C14H11BrN2O4S/c1-17-13(18)11(22-14(17)19)7-8-5-9(15)12(21-4-3-16)10(6-8)20-2/h5-7H,4H2,1-2H3/b11-7-. The summed E-state index contributed by atoms with van der Waals surface area (Å²) in [7, 11) is 2.92. The lowest BCUT2D eigenvalue weighted by Crippen LogP contribution is -2.22. The van der Waals surface area contributed by atoms with Gasteiger partial charge in [0.2, 0.25) is 0 Å². The molecule has 6 nitrogen and oxygen atoms in total. The lowest BCUT2D eigenvalue weighted by Gasteiger charge is -2.11. The Labute approximate surface area is 139 Å². The van der Waals surface area contributed by atoms with E-state index in [9.17, 15) is 9.59 Å². The van der Waals surface area contributed by atoms with E-state index in [-0.39, 0.29) is 17.8 Å². The molecule has 1 aliphatic heterocycles. The molecule has 1 aromatic carbocycles. The monoisotopic (exact) mass is 382 g/mol. The predicted octanol–water partition coefficient (Wildman–Crippen LogP) is 3.03. The second-order valence-corrected chi connectivity index (χ2v) is 6.07. The van der Waals surface area contributed by atoms with E-state index in [2.05, 4.69) is 15.9 Å². The van der Waals surface area contributed by atoms with Gasteiger partial charge in [0.25, 0.3) is 11.1 Å². The van der Waals surface area contributed by atoms with Gasteiger partial charge in [-0.25, -0.2) is 0 Å². The van der Waals surface area contributed by atoms with Crippen molar-refractivity contribution in [3.8, 4) is 17.6 Å². The Morgan fingerprint density at radius 1 is 1.45 bits per heavy atom. The van der Waals surface area contributed by atoms with E-state index in [1.54, 1.807) is 18.2 Å². The van der Waals surface area contributed by atoms with E-state index in [1.807, 2.05) is 6.07 Å². The van der Waals surface area contributed by atoms with Crippen LogP contribution in [0.1, 0.15) is 5.56 Å². The summed E-state index contributed by atoms with van der Waals surface area (Å²) in [6.07, 6.45) is 1.61. The van der Waals surface area contributed by atoms with Gasteiger partial charge in [0.05, 0.1) is 16.5 Å². The highest BCUT2D eigenvalue weighted by atomic mass is 79.9. The Hall–Kier alpha value is -1.98. The van der Waals surface area contributed by atoms with E-state index >= 15 is 0 Å². The normalized spacial score (nSPS) is 16.1. The SMILES string of the molecule is COc1cc(/C=C2\SC(=O)N(C)C2=O)cc(Br)c1OCC#N. The number of imide groups is 1. The number of hydrogen-bond acceptors (Lipinski definition) is 6. The number of hydrogen-bond donors (Lipinski definition) is 0. The average molecular weight is 383 g/mol. The molecule has 0 unspecified atom stereocenters. The van der Waals surface area contributed by atoms with Crippen LogP contribution < -0.4 is 9.47 Å². The molecule has 1 fully saturated rings. The molecule has 0 aromatic heterocycles. The molecule has 0 aliphatic carbocycles. The highest BCUT2D eigenvalue weighted by molar-refractivity contribution is 9.10. The quantitative estimate of drug-likeness (QED) is 0.744. The Morgan fingerprint density at radius 3 is 2.73 bits per heavy atom. The molecule has 0 N–H and O–H groups in total. The molecular formula is C14H11BrN2O4S. The Morgan fingerprint density at radius 2 is 2.18 bits per heavy atom. The van der Waals surface area contributed by atoms with Gasteiger partial charge in [-0.3, -0.25) is 14.5 Å². The molecule has 0 bridgehead atoms. The fourth-order valence-electron chi connectivity index (χ4n) is 1.76. The summed E-state index contributed by atoms with van der Waals surface area (Å²) in [5, 5.41) is 8.28. The molecule has 0 saturated carbocycles. The number of thioether (sulfide) groups is 1. The lowest BCUT2D eigenvalue weighted by molar-refractivity contribution is -0.121. The number of rotatable bonds is 4. The number of carbonyl (C=O) groups is 2. The van der Waals surface area contributed by atoms with Gasteiger partial charge >= 0.3 is 0 Å². The molecule has 0 radical (unpaired) electrons. The molecule has 0 atom stereocenters. The maximum atomic E-state index is 11.9. The third-order valence-corrected chi connectivity index (χ3v) is 4.37. The molecule has 0 spiro atoms. The fourth-order valence-corrected chi connectivity index (χ4v) is 3.17. The molecule has 2 rings (SSSR count). The van der Waals surface area contributed by atoms with Gasteiger partial charge in [0, 0.05) is 7.05 Å². The number of halogens is 1. The maximum absolute atomic E-state index is 11.9. The van der Waals surface area contributed by atoms with Crippen LogP contribution in [0.25, 0.3) is 6.08 Å². The minimum absolute atomic E-state index is 0.108. The summed E-state index contributed by atoms with van der Waals surface area (Å²) in [5.41, 5.74) is 0.673. The van der Waals surface area contributed by atoms with E-state index < -0.39 is 0 Å². The van der Waals surface area contributed by atoms with Crippen LogP contribution in [0.3, 0.4) is 0 Å². The van der Waals surface area contributed by atoms with Gasteiger partial charge in [-0.15, -0.1) is 0 Å². The summed E-state index contributed by atoms with van der Waals surface area (Å²) >= 11 is 4.23. The first-order valence-electron chi connectivity index (χ1n) is 6.06. The number of carbonyl (C=O) groups excluding carboxylic acids is 2. The van der Waals surface area contributed by atoms with Crippen LogP contribution in [0.5, 0.6) is 11.5 Å². The molecule has 22 heavy (non-hydrogen) atoms. The summed E-state index contributed by atoms with van der Waals surface area (Å²) < 4.78 is 11.1. The molecule has 8 heteroatoms. The summed E-state index contributed by atoms with van der Waals surface area (Å²) in [5.74, 6) is 0.492. The Kier molecular flexibility index (Phi) is 5.11. The van der Waals surface area contributed by atoms with Crippen molar-refractivity contribution in [1.29, 1.82) is 5.26 Å². The van der Waals surface area contributed by atoms with Crippen molar-refractivity contribution in [2.24, 2.45) is 0 Å². The zero-order valence-corrected chi connectivity index (χ0v) is 14.2. The molecule has 1 heterocycles. The van der Waals surface area contributed by atoms with Gasteiger partial charge in [0.15, 0.2) is 18.1 Å². The number of ether oxygens (including phenoxy) is 2. The maximum Gasteiger partial charge on any atom is 0.293 e. The van der Waals surface area contributed by atoms with Crippen molar-refractivity contribution < 1.29 is 19.1 Å². The lowest BCUT2D eigenvalue weighted by atomic mass is 10.2. The number of methoxy groups -OCH3 is 1. The average Bonchev–Trinajstić information content (AvgIpc) is 2.73. The van der Waals surface area contributed by atoms with Crippen LogP contribution in [0.4, 0.5) is 4.79 Å². The van der Waals surface area contributed by atoms with Crippen LogP contribution >= 0.6 is 27.7 Å². The third kappa shape index (κ3) is 3.26. The second-order valence-electron chi connectivity index (χ2n) is 4.22. The molecule has 1 aliphatic rings. The number of amides is 2. The molecule has 1 aromatic rings. The Bertz CT molecular complexity index is 712. The van der Waals surface area contributed by atoms with Crippen LogP contribution in [-0.4, -0.2) is 36.8 Å². The highest BCUT2D eigenvalue weighted by Gasteiger charge is 2.31. The van der Waals surface area contributed by atoms with Gasteiger partial charge in [-0.2, -0.15) is 5.26 Å². The first-order valence-corrected chi connectivity index (χ1v) is 7.67. The van der Waals surface area contributed by atoms with Gasteiger partial charge in [-0.1, -0.05) is 0 Å². The van der Waals surface area contributed by atoms with Crippen molar-refractivity contribution in [1.82, 2.24) is 4.90 Å². The molecule has 1 saturated heterocycles. The van der Waals surface area contributed by atoms with Crippen LogP contribution in [-0.2, 0) is 4.79 Å². The van der Waals surface area contributed by atoms with E-state index in [4.69, 9.17) is 14.7 Å². The van der Waals surface area contributed by atoms with Crippen molar-refractivity contribution in [2.45, 2.75) is 0 Å². The summed E-state index contributed by atoms with van der Waals surface area (Å²) in [4.78, 5) is 24.8. The van der Waals surface area contributed by atoms with E-state index in [0.29, 0.717) is 26.4 Å². The predicted molar refractivity (Wildman–Crippen MR) is 85.5 cm³/mol. The zero-order chi connectivity index (χ0) is 16.3. The van der Waals surface area contributed by atoms with Gasteiger partial charge < -0.3 is 9.47 Å². The number of benzene rings is 1. The van der Waals surface area contributed by atoms with E-state index in [1.165, 1.54) is 14.2 Å². The van der Waals surface area contributed by atoms with Crippen molar-refractivity contribution in [3.05, 3.63) is 27.1 Å². The smallest absolute Gasteiger partial charge is 0.293 e. The van der Waals surface area contributed by atoms with E-state index in [0.717, 1.165) is 16.7 Å². The van der Waals surface area contributed by atoms with Crippen LogP contribution in [0, 0.1) is 11.3 Å². The first kappa shape index (κ1) is 16.4. The molecule has 2 amide bonds. The number of nitriles is 1. The van der Waals surface area contributed by atoms with Gasteiger partial charge in [-0.05, 0) is 51.5 Å². The third-order valence-electron chi connectivity index (χ3n) is 2.82. The fraction of sp³-hybridized carbons (Fsp3) is 0.214. The van der Waals surface area contributed by atoms with Crippen molar-refractivity contribution in [2.75, 3.05) is 20.8 Å². The topological polar surface area (TPSA) is 79.6 Å². The zero-order valence-electron chi connectivity index (χ0n) is 11.8. The second kappa shape index (κ2) is 6.85. The molecular weight excluding hydrogens is 372 g/mol. The summed E-state index contributed by atoms with van der Waals surface area (Å²) in [6.45, 7) is -0.108. The van der Waals surface area contributed by atoms with Crippen LogP contribution in [0.15, 0.2) is 21.5 Å². The molecule has 114 valence electrons. The largest absolute Gasteiger partial charge is 0.493 e.